The Balaban J connectivity index is 2.22. The molecule has 0 atom stereocenters. The highest BCUT2D eigenvalue weighted by Gasteiger charge is 2.31. The summed E-state index contributed by atoms with van der Waals surface area (Å²) >= 11 is 13.6. The Kier molecular flexibility index (Phi) is 7.09. The van der Waals surface area contributed by atoms with E-state index in [2.05, 4.69) is 9.97 Å². The number of nitrogens with zero attached hydrogens (tertiary/aromatic N) is 4. The molecule has 8 nitrogen and oxygen atoms in total. The van der Waals surface area contributed by atoms with Gasteiger partial charge >= 0.3 is 12.2 Å². The largest absolute Gasteiger partial charge is 0.464 e. The zero-order valence-electron chi connectivity index (χ0n) is 16.5. The predicted molar refractivity (Wildman–Crippen MR) is 119 cm³/mol. The third-order valence-corrected chi connectivity index (χ3v) is 5.73. The number of hydrogen-bond acceptors (Lipinski definition) is 5. The molecule has 0 fully saturated rings. The molecule has 0 radical (unpaired) electrons. The van der Waals surface area contributed by atoms with Crippen molar-refractivity contribution in [2.75, 3.05) is 4.90 Å². The van der Waals surface area contributed by atoms with Crippen molar-refractivity contribution in [2.24, 2.45) is 0 Å². The van der Waals surface area contributed by atoms with E-state index >= 15 is 0 Å². The van der Waals surface area contributed by atoms with E-state index < -0.39 is 12.2 Å². The summed E-state index contributed by atoms with van der Waals surface area (Å²) in [5, 5.41) is 20.5. The van der Waals surface area contributed by atoms with Gasteiger partial charge in [-0.05, 0) is 41.8 Å². The zero-order chi connectivity index (χ0) is 22.7. The maximum absolute atomic E-state index is 11.7. The first-order valence-electron chi connectivity index (χ1n) is 9.06. The van der Waals surface area contributed by atoms with Crippen molar-refractivity contribution in [2.45, 2.75) is 36.2 Å². The monoisotopic (exact) mass is 480 g/mol. The van der Waals surface area contributed by atoms with Crippen LogP contribution >= 0.6 is 35.0 Å². The third-order valence-electron chi connectivity index (χ3n) is 4.20. The van der Waals surface area contributed by atoms with Gasteiger partial charge in [0.05, 0.1) is 12.2 Å². The Labute approximate surface area is 192 Å². The minimum Gasteiger partial charge on any atom is -0.464 e. The fraction of sp³-hybridized carbons (Fsp3) is 0.200. The van der Waals surface area contributed by atoms with Crippen molar-refractivity contribution < 1.29 is 19.8 Å². The maximum Gasteiger partial charge on any atom is 0.424 e. The van der Waals surface area contributed by atoms with Crippen molar-refractivity contribution >= 4 is 53.1 Å². The van der Waals surface area contributed by atoms with Crippen LogP contribution in [0.5, 0.6) is 0 Å². The van der Waals surface area contributed by atoms with E-state index in [9.17, 15) is 19.8 Å². The molecule has 0 spiro atoms. The van der Waals surface area contributed by atoms with Gasteiger partial charge in [-0.25, -0.2) is 14.6 Å². The lowest BCUT2D eigenvalue weighted by Gasteiger charge is -2.17. The fourth-order valence-corrected chi connectivity index (χ4v) is 4.76. The molecule has 0 saturated carbocycles. The molecule has 3 rings (SSSR count). The number of hydrogen-bond donors (Lipinski definition) is 2. The van der Waals surface area contributed by atoms with E-state index in [-0.39, 0.29) is 23.3 Å². The van der Waals surface area contributed by atoms with Gasteiger partial charge in [-0.3, -0.25) is 9.55 Å². The lowest BCUT2D eigenvalue weighted by molar-refractivity contribution is 0.183. The second-order valence-corrected chi connectivity index (χ2v) is 8.74. The molecule has 31 heavy (non-hydrogen) atoms. The molecule has 2 N–H and O–H groups in total. The van der Waals surface area contributed by atoms with E-state index in [4.69, 9.17) is 23.2 Å². The average Bonchev–Trinajstić information content (AvgIpc) is 2.99. The lowest BCUT2D eigenvalue weighted by Crippen LogP contribution is -2.36. The average molecular weight is 481 g/mol. The van der Waals surface area contributed by atoms with Crippen LogP contribution in [0.4, 0.5) is 15.5 Å². The molecule has 0 saturated heterocycles. The topological polar surface area (TPSA) is 109 Å². The van der Waals surface area contributed by atoms with Crippen molar-refractivity contribution in [3.05, 3.63) is 64.0 Å². The lowest BCUT2D eigenvalue weighted by atomic mass is 10.1. The molecule has 11 heteroatoms. The number of benzene rings is 1. The van der Waals surface area contributed by atoms with Gasteiger partial charge in [0.15, 0.2) is 0 Å². The van der Waals surface area contributed by atoms with Crippen LogP contribution in [0.15, 0.2) is 52.6 Å². The third kappa shape index (κ3) is 5.30. The van der Waals surface area contributed by atoms with Crippen molar-refractivity contribution in [1.29, 1.82) is 0 Å². The molecule has 0 bridgehead atoms. The molecule has 3 aromatic rings. The smallest absolute Gasteiger partial charge is 0.424 e. The highest BCUT2D eigenvalue weighted by molar-refractivity contribution is 7.99. The van der Waals surface area contributed by atoms with E-state index in [1.807, 2.05) is 13.8 Å². The second-order valence-electron chi connectivity index (χ2n) is 6.81. The fourth-order valence-electron chi connectivity index (χ4n) is 2.86. The molecular formula is C20H18Cl2N4O4S. The minimum absolute atomic E-state index is 0.112. The molecule has 2 heterocycles. The molecular weight excluding hydrogens is 463 g/mol. The van der Waals surface area contributed by atoms with Crippen molar-refractivity contribution in [1.82, 2.24) is 14.5 Å². The zero-order valence-corrected chi connectivity index (χ0v) is 18.8. The van der Waals surface area contributed by atoms with Gasteiger partial charge in [0, 0.05) is 27.3 Å². The normalized spacial score (nSPS) is 11.0. The van der Waals surface area contributed by atoms with E-state index in [1.165, 1.54) is 11.8 Å². The van der Waals surface area contributed by atoms with Crippen LogP contribution in [0.2, 0.25) is 10.0 Å². The number of anilines is 1. The van der Waals surface area contributed by atoms with Gasteiger partial charge < -0.3 is 10.2 Å². The van der Waals surface area contributed by atoms with Crippen LogP contribution in [0.25, 0.3) is 0 Å². The molecule has 2 aromatic heterocycles. The molecule has 1 aromatic carbocycles. The van der Waals surface area contributed by atoms with Crippen molar-refractivity contribution in [3.8, 4) is 0 Å². The first kappa shape index (κ1) is 22.9. The van der Waals surface area contributed by atoms with Crippen molar-refractivity contribution in [3.63, 3.8) is 0 Å². The first-order chi connectivity index (χ1) is 14.7. The van der Waals surface area contributed by atoms with Crippen LogP contribution in [0.1, 0.15) is 31.0 Å². The number of amides is 2. The Morgan fingerprint density at radius 2 is 1.68 bits per heavy atom. The Hall–Kier alpha value is -2.75. The molecule has 0 unspecified atom stereocenters. The summed E-state index contributed by atoms with van der Waals surface area (Å²) in [6, 6.07) is 8.56. The summed E-state index contributed by atoms with van der Waals surface area (Å²) in [5.41, 5.74) is 1.35. The molecule has 162 valence electrons. The number of imidazole rings is 1. The van der Waals surface area contributed by atoms with E-state index in [1.54, 1.807) is 47.3 Å². The highest BCUT2D eigenvalue weighted by atomic mass is 35.5. The Morgan fingerprint density at radius 3 is 2.19 bits per heavy atom. The van der Waals surface area contributed by atoms with Gasteiger partial charge in [0.25, 0.3) is 0 Å². The van der Waals surface area contributed by atoms with Gasteiger partial charge in [-0.15, -0.1) is 4.90 Å². The number of halogens is 2. The van der Waals surface area contributed by atoms with Crippen LogP contribution in [0, 0.1) is 0 Å². The summed E-state index contributed by atoms with van der Waals surface area (Å²) in [4.78, 5) is 32.8. The maximum atomic E-state index is 11.7. The van der Waals surface area contributed by atoms with E-state index in [0.717, 1.165) is 5.56 Å². The molecule has 0 aliphatic carbocycles. The summed E-state index contributed by atoms with van der Waals surface area (Å²) in [5.74, 6) is -0.324. The molecule has 2 amide bonds. The van der Waals surface area contributed by atoms with Gasteiger partial charge in [-0.1, -0.05) is 48.8 Å². The second kappa shape index (κ2) is 9.59. The number of imide groups is 1. The van der Waals surface area contributed by atoms with Gasteiger partial charge in [0.2, 0.25) is 5.95 Å². The number of aromatic nitrogens is 3. The summed E-state index contributed by atoms with van der Waals surface area (Å²) in [7, 11) is 0. The Bertz CT molecular complexity index is 1090. The number of carboxylic acid groups (broad SMARTS) is 2. The number of carbonyl (C=O) groups is 2. The summed E-state index contributed by atoms with van der Waals surface area (Å²) < 4.78 is 1.56. The standard InChI is InChI=1S/C20H18Cl2N4O4S/c1-11(2)16-17(31-15-8-13(21)7-14(22)9-15)25(10-12-3-5-23-6-4-12)18(24-16)26(19(27)28)20(29)30/h3-9,11H,10H2,1-2H3,(H,27,28)(H,29,30). The number of pyridine rings is 1. The van der Waals surface area contributed by atoms with Gasteiger partial charge in [0.1, 0.15) is 5.03 Å². The van der Waals surface area contributed by atoms with Crippen LogP contribution in [0.3, 0.4) is 0 Å². The van der Waals surface area contributed by atoms with Gasteiger partial charge in [-0.2, -0.15) is 0 Å². The number of rotatable bonds is 6. The van der Waals surface area contributed by atoms with Crippen LogP contribution in [-0.4, -0.2) is 36.9 Å². The molecule has 0 aliphatic rings. The quantitative estimate of drug-likeness (QED) is 0.440. The first-order valence-corrected chi connectivity index (χ1v) is 10.6. The SMILES string of the molecule is CC(C)c1nc(N(C(=O)O)C(=O)O)n(Cc2ccncc2)c1Sc1cc(Cl)cc(Cl)c1. The minimum atomic E-state index is -1.65. The highest BCUT2D eigenvalue weighted by Crippen LogP contribution is 2.39. The van der Waals surface area contributed by atoms with Crippen LogP contribution < -0.4 is 4.90 Å². The molecule has 0 aliphatic heterocycles. The predicted octanol–water partition coefficient (Wildman–Crippen LogP) is 6.07. The summed E-state index contributed by atoms with van der Waals surface area (Å²) in [6.45, 7) is 3.97. The van der Waals surface area contributed by atoms with Crippen LogP contribution in [-0.2, 0) is 6.54 Å². The summed E-state index contributed by atoms with van der Waals surface area (Å²) in [6.07, 6.45) is -0.0898. The van der Waals surface area contributed by atoms with E-state index in [0.29, 0.717) is 25.7 Å². The Morgan fingerprint density at radius 1 is 1.10 bits per heavy atom.